The van der Waals surface area contributed by atoms with Gasteiger partial charge in [0.05, 0.1) is 36.8 Å². The van der Waals surface area contributed by atoms with Gasteiger partial charge in [-0.3, -0.25) is 19.6 Å². The number of nitrogens with one attached hydrogen (secondary N) is 1. The minimum Gasteiger partial charge on any atom is -0.378 e. The summed E-state index contributed by atoms with van der Waals surface area (Å²) in [4.78, 5) is 36.4. The minimum absolute atomic E-state index is 0.0173. The topological polar surface area (TPSA) is 84.4 Å². The van der Waals surface area contributed by atoms with E-state index < -0.39 is 23.3 Å². The maximum absolute atomic E-state index is 14.3. The third-order valence-electron chi connectivity index (χ3n) is 5.67. The molecule has 1 saturated heterocycles. The highest BCUT2D eigenvalue weighted by molar-refractivity contribution is 6.10. The van der Waals surface area contributed by atoms with E-state index in [9.17, 15) is 18.4 Å². The van der Waals surface area contributed by atoms with Gasteiger partial charge < -0.3 is 15.0 Å². The molecule has 1 aliphatic rings. The Morgan fingerprint density at radius 1 is 0.886 bits per heavy atom. The molecule has 35 heavy (non-hydrogen) atoms. The summed E-state index contributed by atoms with van der Waals surface area (Å²) in [5, 5.41) is 3.23. The largest absolute Gasteiger partial charge is 0.378 e. The van der Waals surface area contributed by atoms with Gasteiger partial charge in [0.1, 0.15) is 17.3 Å². The molecule has 2 aromatic carbocycles. The Morgan fingerprint density at radius 3 is 2.49 bits per heavy atom. The Morgan fingerprint density at radius 2 is 1.69 bits per heavy atom. The number of nitrogens with zero attached hydrogens (tertiary/aromatic N) is 3. The zero-order valence-corrected chi connectivity index (χ0v) is 18.5. The Labute approximate surface area is 199 Å². The van der Waals surface area contributed by atoms with Crippen molar-refractivity contribution in [3.05, 3.63) is 95.4 Å². The molecule has 1 aliphatic heterocycles. The number of hydrogen-bond donors (Lipinski definition) is 1. The van der Waals surface area contributed by atoms with Crippen LogP contribution in [-0.4, -0.2) is 48.0 Å². The third kappa shape index (κ3) is 4.99. The van der Waals surface area contributed by atoms with Crippen LogP contribution in [0.25, 0.3) is 10.9 Å². The molecule has 1 fully saturated rings. The van der Waals surface area contributed by atoms with Crippen LogP contribution in [0.15, 0.2) is 67.0 Å². The summed E-state index contributed by atoms with van der Waals surface area (Å²) in [7, 11) is 0. The number of pyridine rings is 2. The first kappa shape index (κ1) is 22.5. The molecule has 3 heterocycles. The van der Waals surface area contributed by atoms with Crippen LogP contribution in [-0.2, 0) is 4.74 Å². The van der Waals surface area contributed by atoms with Gasteiger partial charge in [0.15, 0.2) is 0 Å². The first-order chi connectivity index (χ1) is 17.0. The van der Waals surface area contributed by atoms with Crippen LogP contribution in [0.1, 0.15) is 26.4 Å². The van der Waals surface area contributed by atoms with Crippen molar-refractivity contribution in [2.75, 3.05) is 36.5 Å². The number of hydrogen-bond acceptors (Lipinski definition) is 6. The molecule has 0 spiro atoms. The van der Waals surface area contributed by atoms with Gasteiger partial charge in [-0.25, -0.2) is 8.78 Å². The quantitative estimate of drug-likeness (QED) is 0.436. The van der Waals surface area contributed by atoms with Crippen LogP contribution in [0.4, 0.5) is 20.2 Å². The van der Waals surface area contributed by atoms with Gasteiger partial charge in [0, 0.05) is 35.3 Å². The summed E-state index contributed by atoms with van der Waals surface area (Å²) >= 11 is 0. The SMILES string of the molecule is O=C(Nc1cc(F)cc(C(=O)c2cc3cc(N4CCOCC4)cnc3cn2)c1)c1cccc(F)c1. The molecule has 5 rings (SSSR count). The van der Waals surface area contributed by atoms with Crippen LogP contribution in [0.2, 0.25) is 0 Å². The molecule has 0 unspecified atom stereocenters. The van der Waals surface area contributed by atoms with Crippen LogP contribution in [0.3, 0.4) is 0 Å². The fourth-order valence-electron chi connectivity index (χ4n) is 3.91. The van der Waals surface area contributed by atoms with Crippen molar-refractivity contribution in [3.8, 4) is 0 Å². The predicted molar refractivity (Wildman–Crippen MR) is 127 cm³/mol. The molecule has 0 radical (unpaired) electrons. The number of ketones is 1. The summed E-state index contributed by atoms with van der Waals surface area (Å²) < 4.78 is 33.1. The number of benzene rings is 2. The van der Waals surface area contributed by atoms with E-state index in [0.717, 1.165) is 42.4 Å². The van der Waals surface area contributed by atoms with Crippen LogP contribution in [0.5, 0.6) is 0 Å². The second kappa shape index (κ2) is 9.55. The Bertz CT molecular complexity index is 1440. The minimum atomic E-state index is -0.706. The number of halogens is 2. The average molecular weight is 474 g/mol. The maximum Gasteiger partial charge on any atom is 0.255 e. The van der Waals surface area contributed by atoms with Gasteiger partial charge in [-0.2, -0.15) is 0 Å². The van der Waals surface area contributed by atoms with Gasteiger partial charge in [0.25, 0.3) is 5.91 Å². The number of morpholine rings is 1. The number of carbonyl (C=O) groups excluding carboxylic acids is 2. The lowest BCUT2D eigenvalue weighted by Gasteiger charge is -2.28. The lowest BCUT2D eigenvalue weighted by molar-refractivity contribution is 0.101. The molecular formula is C26H20F2N4O3. The second-order valence-corrected chi connectivity index (χ2v) is 8.08. The van der Waals surface area contributed by atoms with E-state index in [1.54, 1.807) is 12.3 Å². The maximum atomic E-state index is 14.3. The predicted octanol–water partition coefficient (Wildman–Crippen LogP) is 4.23. The standard InChI is InChI=1S/C26H20F2N4O3/c27-19-3-1-2-16(8-19)26(34)31-21-10-18(9-20(28)13-21)25(33)23-12-17-11-22(14-29-24(17)15-30-23)32-4-6-35-7-5-32/h1-3,8-15H,4-7H2,(H,31,34). The molecule has 1 amide bonds. The first-order valence-corrected chi connectivity index (χ1v) is 11.0. The zero-order valence-electron chi connectivity index (χ0n) is 18.5. The van der Waals surface area contributed by atoms with E-state index in [0.29, 0.717) is 18.7 Å². The molecule has 9 heteroatoms. The average Bonchev–Trinajstić information content (AvgIpc) is 2.87. The smallest absolute Gasteiger partial charge is 0.255 e. The fraction of sp³-hybridized carbons (Fsp3) is 0.154. The van der Waals surface area contributed by atoms with Crippen molar-refractivity contribution in [1.82, 2.24) is 9.97 Å². The van der Waals surface area contributed by atoms with E-state index in [2.05, 4.69) is 20.2 Å². The summed E-state index contributed by atoms with van der Waals surface area (Å²) in [5.74, 6) is -2.41. The lowest BCUT2D eigenvalue weighted by Crippen LogP contribution is -2.36. The van der Waals surface area contributed by atoms with Crippen molar-refractivity contribution < 1.29 is 23.1 Å². The Hall–Kier alpha value is -4.24. The van der Waals surface area contributed by atoms with Gasteiger partial charge >= 0.3 is 0 Å². The lowest BCUT2D eigenvalue weighted by atomic mass is 10.0. The van der Waals surface area contributed by atoms with Gasteiger partial charge in [0.2, 0.25) is 5.78 Å². The van der Waals surface area contributed by atoms with Crippen molar-refractivity contribution in [2.45, 2.75) is 0 Å². The number of aromatic nitrogens is 2. The molecule has 0 bridgehead atoms. The molecule has 4 aromatic rings. The fourth-order valence-corrected chi connectivity index (χ4v) is 3.91. The van der Waals surface area contributed by atoms with E-state index >= 15 is 0 Å². The molecule has 0 aliphatic carbocycles. The van der Waals surface area contributed by atoms with E-state index in [1.807, 2.05) is 6.07 Å². The van der Waals surface area contributed by atoms with Crippen LogP contribution >= 0.6 is 0 Å². The van der Waals surface area contributed by atoms with Gasteiger partial charge in [-0.15, -0.1) is 0 Å². The van der Waals surface area contributed by atoms with Crippen molar-refractivity contribution in [1.29, 1.82) is 0 Å². The molecule has 0 saturated carbocycles. The van der Waals surface area contributed by atoms with Gasteiger partial charge in [-0.05, 0) is 48.5 Å². The highest BCUT2D eigenvalue weighted by Crippen LogP contribution is 2.23. The van der Waals surface area contributed by atoms with E-state index in [1.165, 1.54) is 30.5 Å². The van der Waals surface area contributed by atoms with Crippen molar-refractivity contribution >= 4 is 34.0 Å². The number of amides is 1. The summed E-state index contributed by atoms with van der Waals surface area (Å²) in [6, 6.07) is 12.2. The first-order valence-electron chi connectivity index (χ1n) is 11.0. The van der Waals surface area contributed by atoms with Crippen molar-refractivity contribution in [3.63, 3.8) is 0 Å². The monoisotopic (exact) mass is 474 g/mol. The third-order valence-corrected chi connectivity index (χ3v) is 5.67. The van der Waals surface area contributed by atoms with Crippen molar-refractivity contribution in [2.24, 2.45) is 0 Å². The zero-order chi connectivity index (χ0) is 24.4. The Kier molecular flexibility index (Phi) is 6.15. The summed E-state index contributed by atoms with van der Waals surface area (Å²) in [6.07, 6.45) is 3.26. The molecule has 1 N–H and O–H groups in total. The number of anilines is 2. The molecule has 0 atom stereocenters. The molecule has 2 aromatic heterocycles. The summed E-state index contributed by atoms with van der Waals surface area (Å²) in [6.45, 7) is 2.76. The van der Waals surface area contributed by atoms with Gasteiger partial charge in [-0.1, -0.05) is 6.07 Å². The highest BCUT2D eigenvalue weighted by Gasteiger charge is 2.17. The van der Waals surface area contributed by atoms with E-state index in [-0.39, 0.29) is 22.5 Å². The molecular weight excluding hydrogens is 454 g/mol. The highest BCUT2D eigenvalue weighted by atomic mass is 19.1. The number of carbonyl (C=O) groups is 2. The van der Waals surface area contributed by atoms with E-state index in [4.69, 9.17) is 4.74 Å². The normalized spacial score (nSPS) is 13.6. The number of ether oxygens (including phenoxy) is 1. The molecule has 7 nitrogen and oxygen atoms in total. The van der Waals surface area contributed by atoms with Crippen LogP contribution in [0, 0.1) is 11.6 Å². The summed E-state index contributed by atoms with van der Waals surface area (Å²) in [5.41, 5.74) is 1.82. The second-order valence-electron chi connectivity index (χ2n) is 8.08. The number of rotatable bonds is 5. The van der Waals surface area contributed by atoms with Crippen LogP contribution < -0.4 is 10.2 Å². The Balaban J connectivity index is 1.41. The molecule has 176 valence electrons. The number of fused-ring (bicyclic) bond motifs is 1.